The van der Waals surface area contributed by atoms with Gasteiger partial charge in [-0.15, -0.1) is 0 Å². The molecule has 4 aromatic rings. The van der Waals surface area contributed by atoms with Crippen molar-refractivity contribution >= 4 is 50.1 Å². The van der Waals surface area contributed by atoms with Gasteiger partial charge in [-0.1, -0.05) is 57.4 Å². The highest BCUT2D eigenvalue weighted by atomic mass is 79.9. The highest BCUT2D eigenvalue weighted by molar-refractivity contribution is 9.10. The Morgan fingerprint density at radius 1 is 1.06 bits per heavy atom. The van der Waals surface area contributed by atoms with Gasteiger partial charge in [0.15, 0.2) is 12.4 Å². The number of amides is 1. The molecule has 7 heteroatoms. The molecule has 1 heterocycles. The van der Waals surface area contributed by atoms with Crippen LogP contribution in [0.25, 0.3) is 22.3 Å². The summed E-state index contributed by atoms with van der Waals surface area (Å²) < 4.78 is 12.7. The highest BCUT2D eigenvalue weighted by Gasteiger charge is 2.20. The molecule has 1 N–H and O–H groups in total. The number of rotatable bonds is 5. The van der Waals surface area contributed by atoms with Crippen LogP contribution < -0.4 is 15.5 Å². The molecule has 3 aromatic carbocycles. The van der Waals surface area contributed by atoms with Crippen molar-refractivity contribution in [1.29, 1.82) is 0 Å². The van der Waals surface area contributed by atoms with Crippen molar-refractivity contribution in [2.75, 3.05) is 11.9 Å². The Morgan fingerprint density at radius 2 is 1.75 bits per heavy atom. The number of halogens is 2. The van der Waals surface area contributed by atoms with Crippen LogP contribution in [0, 0.1) is 13.8 Å². The lowest BCUT2D eigenvalue weighted by Gasteiger charge is -2.13. The van der Waals surface area contributed by atoms with Crippen molar-refractivity contribution in [2.45, 2.75) is 13.8 Å². The van der Waals surface area contributed by atoms with Crippen LogP contribution in [0.3, 0.4) is 0 Å². The molecular formula is C25H19BrClNO4. The molecule has 5 nitrogen and oxygen atoms in total. The second kappa shape index (κ2) is 9.18. The van der Waals surface area contributed by atoms with E-state index in [1.165, 1.54) is 0 Å². The summed E-state index contributed by atoms with van der Waals surface area (Å²) in [6, 6.07) is 17.9. The molecule has 4 rings (SSSR count). The van der Waals surface area contributed by atoms with Gasteiger partial charge in [0, 0.05) is 20.7 Å². The van der Waals surface area contributed by atoms with Crippen LogP contribution in [0.5, 0.6) is 5.75 Å². The fourth-order valence-corrected chi connectivity index (χ4v) is 3.62. The normalized spacial score (nSPS) is 10.9. The number of anilines is 1. The number of benzene rings is 3. The van der Waals surface area contributed by atoms with Gasteiger partial charge in [0.25, 0.3) is 5.91 Å². The standard InChI is InChI=1S/C25H19BrClNO4/c1-14-3-5-16(6-4-14)24-25(23(30)19-12-20(27)15(2)11-21(19)32-24)31-13-22(29)28-18-9-7-17(26)8-10-18/h3-12H,13H2,1-2H3,(H,28,29). The molecule has 0 saturated carbocycles. The first kappa shape index (κ1) is 22.1. The third kappa shape index (κ3) is 4.71. The van der Waals surface area contributed by atoms with Crippen LogP contribution in [-0.4, -0.2) is 12.5 Å². The quantitative estimate of drug-likeness (QED) is 0.331. The van der Waals surface area contributed by atoms with Crippen LogP contribution >= 0.6 is 27.5 Å². The summed E-state index contributed by atoms with van der Waals surface area (Å²) in [6.07, 6.45) is 0. The molecule has 0 fully saturated rings. The average molecular weight is 513 g/mol. The number of ether oxygens (including phenoxy) is 1. The maximum absolute atomic E-state index is 13.3. The van der Waals surface area contributed by atoms with Gasteiger partial charge in [-0.25, -0.2) is 0 Å². The molecule has 0 radical (unpaired) electrons. The van der Waals surface area contributed by atoms with Gasteiger partial charge in [-0.05, 0) is 55.8 Å². The molecule has 162 valence electrons. The second-order valence-electron chi connectivity index (χ2n) is 7.40. The summed E-state index contributed by atoms with van der Waals surface area (Å²) >= 11 is 9.58. The molecule has 0 aliphatic heterocycles. The summed E-state index contributed by atoms with van der Waals surface area (Å²) in [7, 11) is 0. The maximum Gasteiger partial charge on any atom is 0.262 e. The molecular weight excluding hydrogens is 494 g/mol. The van der Waals surface area contributed by atoms with E-state index in [0.29, 0.717) is 27.2 Å². The molecule has 0 bridgehead atoms. The van der Waals surface area contributed by atoms with E-state index in [-0.39, 0.29) is 23.5 Å². The van der Waals surface area contributed by atoms with E-state index in [4.69, 9.17) is 20.8 Å². The molecule has 0 atom stereocenters. The number of nitrogens with one attached hydrogen (secondary N) is 1. The van der Waals surface area contributed by atoms with Crippen molar-refractivity contribution in [3.63, 3.8) is 0 Å². The first-order valence-corrected chi connectivity index (χ1v) is 11.0. The van der Waals surface area contributed by atoms with Gasteiger partial charge in [0.2, 0.25) is 11.2 Å². The number of fused-ring (bicyclic) bond motifs is 1. The van der Waals surface area contributed by atoms with Crippen LogP contribution in [0.2, 0.25) is 5.02 Å². The van der Waals surface area contributed by atoms with Gasteiger partial charge in [0.1, 0.15) is 5.58 Å². The van der Waals surface area contributed by atoms with Crippen LogP contribution in [-0.2, 0) is 4.79 Å². The SMILES string of the molecule is Cc1ccc(-c2oc3cc(C)c(Cl)cc3c(=O)c2OCC(=O)Nc2ccc(Br)cc2)cc1. The van der Waals surface area contributed by atoms with E-state index in [1.54, 1.807) is 24.3 Å². The summed E-state index contributed by atoms with van der Waals surface area (Å²) in [5.74, 6) is -0.170. The van der Waals surface area contributed by atoms with E-state index < -0.39 is 5.91 Å². The summed E-state index contributed by atoms with van der Waals surface area (Å²) in [4.78, 5) is 25.7. The topological polar surface area (TPSA) is 68.5 Å². The molecule has 0 spiro atoms. The van der Waals surface area contributed by atoms with Crippen molar-refractivity contribution in [3.05, 3.63) is 91.5 Å². The smallest absolute Gasteiger partial charge is 0.262 e. The van der Waals surface area contributed by atoms with Crippen LogP contribution in [0.15, 0.2) is 74.3 Å². The molecule has 0 aliphatic rings. The Balaban J connectivity index is 1.71. The zero-order valence-electron chi connectivity index (χ0n) is 17.4. The van der Waals surface area contributed by atoms with Gasteiger partial charge >= 0.3 is 0 Å². The Morgan fingerprint density at radius 3 is 2.44 bits per heavy atom. The van der Waals surface area contributed by atoms with Crippen molar-refractivity contribution in [2.24, 2.45) is 0 Å². The van der Waals surface area contributed by atoms with Crippen LogP contribution in [0.4, 0.5) is 5.69 Å². The highest BCUT2D eigenvalue weighted by Crippen LogP contribution is 2.33. The monoisotopic (exact) mass is 511 g/mol. The maximum atomic E-state index is 13.3. The Kier molecular flexibility index (Phi) is 6.35. The number of carbonyl (C=O) groups excluding carboxylic acids is 1. The van der Waals surface area contributed by atoms with Gasteiger partial charge in [-0.2, -0.15) is 0 Å². The minimum absolute atomic E-state index is 0.0350. The van der Waals surface area contributed by atoms with E-state index >= 15 is 0 Å². The van der Waals surface area contributed by atoms with E-state index in [9.17, 15) is 9.59 Å². The summed E-state index contributed by atoms with van der Waals surface area (Å²) in [6.45, 7) is 3.45. The fourth-order valence-electron chi connectivity index (χ4n) is 3.19. The minimum Gasteiger partial charge on any atom is -0.476 e. The van der Waals surface area contributed by atoms with Gasteiger partial charge in [0.05, 0.1) is 5.39 Å². The molecule has 0 aliphatic carbocycles. The summed E-state index contributed by atoms with van der Waals surface area (Å²) in [5.41, 5.74) is 3.16. The minimum atomic E-state index is -0.399. The summed E-state index contributed by atoms with van der Waals surface area (Å²) in [5, 5.41) is 3.48. The fraction of sp³-hybridized carbons (Fsp3) is 0.120. The predicted octanol–water partition coefficient (Wildman–Crippen LogP) is 6.51. The molecule has 0 saturated heterocycles. The Labute approximate surface area is 198 Å². The first-order chi connectivity index (χ1) is 15.3. The third-order valence-corrected chi connectivity index (χ3v) is 5.86. The molecule has 1 amide bonds. The zero-order valence-corrected chi connectivity index (χ0v) is 19.7. The lowest BCUT2D eigenvalue weighted by molar-refractivity contribution is -0.118. The third-order valence-electron chi connectivity index (χ3n) is 4.92. The number of hydrogen-bond acceptors (Lipinski definition) is 4. The van der Waals surface area contributed by atoms with Crippen LogP contribution in [0.1, 0.15) is 11.1 Å². The first-order valence-electron chi connectivity index (χ1n) is 9.84. The Bertz CT molecular complexity index is 1360. The Hall–Kier alpha value is -3.09. The predicted molar refractivity (Wildman–Crippen MR) is 131 cm³/mol. The van der Waals surface area contributed by atoms with E-state index in [0.717, 1.165) is 15.6 Å². The number of hydrogen-bond donors (Lipinski definition) is 1. The van der Waals surface area contributed by atoms with E-state index in [2.05, 4.69) is 21.2 Å². The molecule has 0 unspecified atom stereocenters. The van der Waals surface area contributed by atoms with Crippen molar-refractivity contribution < 1.29 is 13.9 Å². The lowest BCUT2D eigenvalue weighted by Crippen LogP contribution is -2.22. The zero-order chi connectivity index (χ0) is 22.8. The lowest BCUT2D eigenvalue weighted by atomic mass is 10.1. The number of aryl methyl sites for hydroxylation is 2. The van der Waals surface area contributed by atoms with E-state index in [1.807, 2.05) is 50.2 Å². The second-order valence-corrected chi connectivity index (χ2v) is 8.72. The molecule has 32 heavy (non-hydrogen) atoms. The number of carbonyl (C=O) groups is 1. The van der Waals surface area contributed by atoms with Gasteiger partial charge in [-0.3, -0.25) is 9.59 Å². The average Bonchev–Trinajstić information content (AvgIpc) is 2.76. The van der Waals surface area contributed by atoms with Gasteiger partial charge < -0.3 is 14.5 Å². The molecule has 1 aromatic heterocycles. The largest absolute Gasteiger partial charge is 0.476 e. The van der Waals surface area contributed by atoms with Crippen molar-refractivity contribution in [1.82, 2.24) is 0 Å². The van der Waals surface area contributed by atoms with Crippen molar-refractivity contribution in [3.8, 4) is 17.1 Å².